The fraction of sp³-hybridized carbons (Fsp3) is 0.312. The molecular formula is C16H18N4O2. The summed E-state index contributed by atoms with van der Waals surface area (Å²) in [5.74, 6) is 1.32. The molecule has 3 rings (SSSR count). The molecule has 6 nitrogen and oxygen atoms in total. The predicted octanol–water partition coefficient (Wildman–Crippen LogP) is 2.21. The van der Waals surface area contributed by atoms with Crippen LogP contribution in [0.4, 0.5) is 10.5 Å². The molecule has 1 aliphatic rings. The Morgan fingerprint density at radius 2 is 1.91 bits per heavy atom. The van der Waals surface area contributed by atoms with Crippen LogP contribution in [0.5, 0.6) is 0 Å². The zero-order valence-electron chi connectivity index (χ0n) is 12.1. The van der Waals surface area contributed by atoms with Crippen LogP contribution in [-0.2, 0) is 0 Å². The summed E-state index contributed by atoms with van der Waals surface area (Å²) >= 11 is 0. The molecule has 0 unspecified atom stereocenters. The molecule has 0 bridgehead atoms. The molecule has 0 spiro atoms. The van der Waals surface area contributed by atoms with Crippen LogP contribution in [0, 0.1) is 0 Å². The summed E-state index contributed by atoms with van der Waals surface area (Å²) in [6.45, 7) is -0.172. The number of nitrogens with one attached hydrogen (secondary N) is 2. The number of carbonyl (C=O) groups excluding carboxylic acids is 1. The van der Waals surface area contributed by atoms with E-state index in [9.17, 15) is 9.90 Å². The second kappa shape index (κ2) is 6.53. The molecule has 2 amide bonds. The Morgan fingerprint density at radius 3 is 2.50 bits per heavy atom. The van der Waals surface area contributed by atoms with Crippen molar-refractivity contribution >= 4 is 11.7 Å². The van der Waals surface area contributed by atoms with Gasteiger partial charge >= 0.3 is 6.03 Å². The maximum atomic E-state index is 12.0. The third-order valence-electron chi connectivity index (χ3n) is 3.56. The van der Waals surface area contributed by atoms with Crippen molar-refractivity contribution in [1.29, 1.82) is 0 Å². The summed E-state index contributed by atoms with van der Waals surface area (Å²) in [6, 6.07) is 8.48. The van der Waals surface area contributed by atoms with E-state index < -0.39 is 12.1 Å². The van der Waals surface area contributed by atoms with E-state index in [1.807, 2.05) is 30.3 Å². The molecule has 0 radical (unpaired) electrons. The van der Waals surface area contributed by atoms with Gasteiger partial charge in [-0.2, -0.15) is 0 Å². The lowest BCUT2D eigenvalue weighted by molar-refractivity contribution is 0.225. The SMILES string of the molecule is O=C(Nc1cnc(C2CC2)nc1)N[C@H](CO)c1ccccc1. The molecule has 1 saturated carbocycles. The van der Waals surface area contributed by atoms with Gasteiger partial charge in [0.25, 0.3) is 0 Å². The smallest absolute Gasteiger partial charge is 0.319 e. The van der Waals surface area contributed by atoms with Crippen LogP contribution >= 0.6 is 0 Å². The Labute approximate surface area is 128 Å². The highest BCUT2D eigenvalue weighted by Gasteiger charge is 2.26. The summed E-state index contributed by atoms with van der Waals surface area (Å²) in [5, 5.41) is 14.8. The average molecular weight is 298 g/mol. The number of aliphatic hydroxyl groups excluding tert-OH is 1. The van der Waals surface area contributed by atoms with Crippen LogP contribution in [0.25, 0.3) is 0 Å². The van der Waals surface area contributed by atoms with E-state index in [1.165, 1.54) is 0 Å². The van der Waals surface area contributed by atoms with Gasteiger partial charge in [-0.05, 0) is 18.4 Å². The number of aromatic nitrogens is 2. The maximum absolute atomic E-state index is 12.0. The van der Waals surface area contributed by atoms with Crippen LogP contribution in [-0.4, -0.2) is 27.7 Å². The number of hydrogen-bond donors (Lipinski definition) is 3. The highest BCUT2D eigenvalue weighted by atomic mass is 16.3. The van der Waals surface area contributed by atoms with Crippen LogP contribution < -0.4 is 10.6 Å². The van der Waals surface area contributed by atoms with Gasteiger partial charge in [0, 0.05) is 5.92 Å². The lowest BCUT2D eigenvalue weighted by Crippen LogP contribution is -2.34. The number of hydrogen-bond acceptors (Lipinski definition) is 4. The van der Waals surface area contributed by atoms with E-state index in [1.54, 1.807) is 12.4 Å². The highest BCUT2D eigenvalue weighted by Crippen LogP contribution is 2.37. The molecule has 1 aromatic carbocycles. The third kappa shape index (κ3) is 3.59. The van der Waals surface area contributed by atoms with Gasteiger partial charge in [-0.3, -0.25) is 0 Å². The zero-order valence-corrected chi connectivity index (χ0v) is 12.1. The minimum absolute atomic E-state index is 0.172. The molecule has 1 fully saturated rings. The summed E-state index contributed by atoms with van der Waals surface area (Å²) in [6.07, 6.45) is 5.50. The first-order valence-electron chi connectivity index (χ1n) is 7.31. The third-order valence-corrected chi connectivity index (χ3v) is 3.56. The van der Waals surface area contributed by atoms with Gasteiger partial charge in [-0.15, -0.1) is 0 Å². The fourth-order valence-electron chi connectivity index (χ4n) is 2.20. The van der Waals surface area contributed by atoms with Gasteiger partial charge in [0.05, 0.1) is 30.7 Å². The predicted molar refractivity (Wildman–Crippen MR) is 82.4 cm³/mol. The van der Waals surface area contributed by atoms with Crippen LogP contribution in [0.2, 0.25) is 0 Å². The Balaban J connectivity index is 1.58. The molecule has 3 N–H and O–H groups in total. The first kappa shape index (κ1) is 14.5. The van der Waals surface area contributed by atoms with E-state index in [4.69, 9.17) is 0 Å². The van der Waals surface area contributed by atoms with Crippen LogP contribution in [0.3, 0.4) is 0 Å². The largest absolute Gasteiger partial charge is 0.394 e. The van der Waals surface area contributed by atoms with Crippen molar-refractivity contribution in [2.75, 3.05) is 11.9 Å². The number of urea groups is 1. The number of aliphatic hydroxyl groups is 1. The van der Waals surface area contributed by atoms with Crippen molar-refractivity contribution < 1.29 is 9.90 Å². The fourth-order valence-corrected chi connectivity index (χ4v) is 2.20. The molecule has 1 aliphatic carbocycles. The van der Waals surface area contributed by atoms with Crippen molar-refractivity contribution in [3.05, 3.63) is 54.1 Å². The van der Waals surface area contributed by atoms with Gasteiger partial charge in [0.2, 0.25) is 0 Å². The first-order valence-corrected chi connectivity index (χ1v) is 7.31. The molecule has 1 heterocycles. The van der Waals surface area contributed by atoms with Crippen LogP contribution in [0.15, 0.2) is 42.7 Å². The summed E-state index contributed by atoms with van der Waals surface area (Å²) in [7, 11) is 0. The van der Waals surface area contributed by atoms with Crippen molar-refractivity contribution in [3.8, 4) is 0 Å². The van der Waals surface area contributed by atoms with Gasteiger partial charge in [-0.25, -0.2) is 14.8 Å². The van der Waals surface area contributed by atoms with Gasteiger partial charge in [-0.1, -0.05) is 30.3 Å². The molecule has 114 valence electrons. The lowest BCUT2D eigenvalue weighted by atomic mass is 10.1. The number of carbonyl (C=O) groups is 1. The Bertz CT molecular complexity index is 626. The summed E-state index contributed by atoms with van der Waals surface area (Å²) < 4.78 is 0. The molecule has 2 aromatic rings. The molecule has 0 saturated heterocycles. The number of anilines is 1. The molecular weight excluding hydrogens is 280 g/mol. The topological polar surface area (TPSA) is 87.1 Å². The van der Waals surface area contributed by atoms with Crippen molar-refractivity contribution in [1.82, 2.24) is 15.3 Å². The Kier molecular flexibility index (Phi) is 4.29. The molecule has 0 aliphatic heterocycles. The van der Waals surface area contributed by atoms with E-state index in [-0.39, 0.29) is 6.61 Å². The normalized spacial score (nSPS) is 15.1. The quantitative estimate of drug-likeness (QED) is 0.790. The Morgan fingerprint density at radius 1 is 1.23 bits per heavy atom. The van der Waals surface area contributed by atoms with Gasteiger partial charge in [0.15, 0.2) is 0 Å². The van der Waals surface area contributed by atoms with E-state index >= 15 is 0 Å². The van der Waals surface area contributed by atoms with E-state index in [0.717, 1.165) is 24.2 Å². The average Bonchev–Trinajstić information content (AvgIpc) is 3.39. The zero-order chi connectivity index (χ0) is 15.4. The minimum atomic E-state index is -0.451. The van der Waals surface area contributed by atoms with Crippen molar-refractivity contribution in [3.63, 3.8) is 0 Å². The molecule has 1 aromatic heterocycles. The molecule has 6 heteroatoms. The molecule has 22 heavy (non-hydrogen) atoms. The first-order chi connectivity index (χ1) is 10.8. The summed E-state index contributed by atoms with van der Waals surface area (Å²) in [5.41, 5.74) is 1.38. The van der Waals surface area contributed by atoms with Gasteiger partial charge < -0.3 is 15.7 Å². The lowest BCUT2D eigenvalue weighted by Gasteiger charge is -2.17. The minimum Gasteiger partial charge on any atom is -0.394 e. The van der Waals surface area contributed by atoms with E-state index in [2.05, 4.69) is 20.6 Å². The standard InChI is InChI=1S/C16H18N4O2/c21-10-14(11-4-2-1-3-5-11)20-16(22)19-13-8-17-15(18-9-13)12-6-7-12/h1-5,8-9,12,14,21H,6-7,10H2,(H2,19,20,22)/t14-/m1/s1. The van der Waals surface area contributed by atoms with Crippen molar-refractivity contribution in [2.45, 2.75) is 24.8 Å². The maximum Gasteiger partial charge on any atom is 0.319 e. The second-order valence-corrected chi connectivity index (χ2v) is 5.35. The number of rotatable bonds is 5. The van der Waals surface area contributed by atoms with E-state index in [0.29, 0.717) is 11.6 Å². The summed E-state index contributed by atoms with van der Waals surface area (Å²) in [4.78, 5) is 20.5. The van der Waals surface area contributed by atoms with Gasteiger partial charge in [0.1, 0.15) is 5.82 Å². The van der Waals surface area contributed by atoms with Crippen molar-refractivity contribution in [2.24, 2.45) is 0 Å². The number of amides is 2. The highest BCUT2D eigenvalue weighted by molar-refractivity contribution is 5.89. The Hall–Kier alpha value is -2.47. The number of nitrogens with zero attached hydrogens (tertiary/aromatic N) is 2. The number of benzene rings is 1. The second-order valence-electron chi connectivity index (χ2n) is 5.35. The monoisotopic (exact) mass is 298 g/mol. The van der Waals surface area contributed by atoms with Crippen LogP contribution in [0.1, 0.15) is 36.2 Å². The molecule has 1 atom stereocenters.